The van der Waals surface area contributed by atoms with E-state index in [9.17, 15) is 4.79 Å². The van der Waals surface area contributed by atoms with E-state index in [1.54, 1.807) is 18.5 Å². The zero-order valence-corrected chi connectivity index (χ0v) is 23.0. The van der Waals surface area contributed by atoms with Crippen molar-refractivity contribution in [1.29, 1.82) is 0 Å². The lowest BCUT2D eigenvalue weighted by Gasteiger charge is -2.23. The van der Waals surface area contributed by atoms with Crippen molar-refractivity contribution in [3.05, 3.63) is 66.2 Å². The number of carbonyl (C=O) groups is 1. The lowest BCUT2D eigenvalue weighted by atomic mass is 10.0. The first-order chi connectivity index (χ1) is 20.0. The van der Waals surface area contributed by atoms with E-state index >= 15 is 4.39 Å². The number of halogens is 1. The van der Waals surface area contributed by atoms with Crippen LogP contribution in [-0.4, -0.2) is 40.0 Å². The molecule has 210 valence electrons. The number of ether oxygens (including phenoxy) is 1. The molecule has 8 nitrogen and oxygen atoms in total. The number of benzene rings is 2. The molecule has 2 aromatic heterocycles. The Hall–Kier alpha value is -4.11. The second-order valence-corrected chi connectivity index (χ2v) is 11.7. The molecule has 3 aliphatic rings. The first-order valence-corrected chi connectivity index (χ1v) is 14.4. The number of rotatable bonds is 8. The van der Waals surface area contributed by atoms with Crippen LogP contribution >= 0.6 is 0 Å². The third-order valence-electron chi connectivity index (χ3n) is 8.78. The van der Waals surface area contributed by atoms with E-state index < -0.39 is 5.82 Å². The average Bonchev–Trinajstić information content (AvgIpc) is 3.91. The SMILES string of the molecule is Cc1ccc2c(NC(=O)C[C@@H]3CC34CC4)c(F)ccc2c1Oc1ncccc1-c1ccnc(N[C@H]2CCCNC2)n1. The molecule has 2 aromatic carbocycles. The molecule has 3 heterocycles. The molecule has 7 rings (SSSR count). The van der Waals surface area contributed by atoms with Gasteiger partial charge in [-0.25, -0.2) is 19.3 Å². The van der Waals surface area contributed by atoms with Crippen molar-refractivity contribution in [2.24, 2.45) is 11.3 Å². The van der Waals surface area contributed by atoms with Crippen LogP contribution in [0.2, 0.25) is 0 Å². The van der Waals surface area contributed by atoms with E-state index in [2.05, 4.69) is 25.9 Å². The van der Waals surface area contributed by atoms with Gasteiger partial charge in [0.05, 0.1) is 16.9 Å². The molecular weight excluding hydrogens is 519 g/mol. The van der Waals surface area contributed by atoms with Gasteiger partial charge >= 0.3 is 0 Å². The molecule has 4 aromatic rings. The Morgan fingerprint density at radius 3 is 2.80 bits per heavy atom. The number of aryl methyl sites for hydroxylation is 1. The van der Waals surface area contributed by atoms with E-state index in [4.69, 9.17) is 9.72 Å². The fourth-order valence-electron chi connectivity index (χ4n) is 6.13. The highest BCUT2D eigenvalue weighted by Crippen LogP contribution is 2.71. The molecule has 1 spiro atoms. The number of hydrogen-bond acceptors (Lipinski definition) is 7. The minimum Gasteiger partial charge on any atom is -0.437 e. The summed E-state index contributed by atoms with van der Waals surface area (Å²) < 4.78 is 21.5. The van der Waals surface area contributed by atoms with Crippen LogP contribution in [0, 0.1) is 24.1 Å². The smallest absolute Gasteiger partial charge is 0.228 e. The number of carbonyl (C=O) groups excluding carboxylic acids is 1. The van der Waals surface area contributed by atoms with Gasteiger partial charge in [0, 0.05) is 42.2 Å². The molecule has 3 N–H and O–H groups in total. The van der Waals surface area contributed by atoms with Gasteiger partial charge in [-0.2, -0.15) is 0 Å². The second kappa shape index (κ2) is 10.4. The quantitative estimate of drug-likeness (QED) is 0.238. The van der Waals surface area contributed by atoms with Gasteiger partial charge < -0.3 is 20.7 Å². The number of pyridine rings is 1. The van der Waals surface area contributed by atoms with Crippen molar-refractivity contribution >= 4 is 28.3 Å². The van der Waals surface area contributed by atoms with E-state index in [1.807, 2.05) is 37.3 Å². The number of fused-ring (bicyclic) bond motifs is 1. The van der Waals surface area contributed by atoms with Gasteiger partial charge in [0.1, 0.15) is 11.6 Å². The first-order valence-electron chi connectivity index (χ1n) is 14.4. The first kappa shape index (κ1) is 25.8. The van der Waals surface area contributed by atoms with Crippen molar-refractivity contribution < 1.29 is 13.9 Å². The summed E-state index contributed by atoms with van der Waals surface area (Å²) in [5, 5.41) is 11.0. The molecule has 2 atom stereocenters. The predicted molar refractivity (Wildman–Crippen MR) is 157 cm³/mol. The van der Waals surface area contributed by atoms with E-state index in [0.717, 1.165) is 37.9 Å². The number of nitrogens with zero attached hydrogens (tertiary/aromatic N) is 3. The number of anilines is 2. The van der Waals surface area contributed by atoms with Crippen LogP contribution in [0.15, 0.2) is 54.9 Å². The molecule has 3 fully saturated rings. The van der Waals surface area contributed by atoms with Crippen LogP contribution < -0.4 is 20.7 Å². The van der Waals surface area contributed by atoms with Crippen LogP contribution in [0.4, 0.5) is 16.0 Å². The van der Waals surface area contributed by atoms with Crippen molar-refractivity contribution in [2.75, 3.05) is 23.7 Å². The molecule has 1 aliphatic heterocycles. The summed E-state index contributed by atoms with van der Waals surface area (Å²) in [5.74, 6) is 1.31. The summed E-state index contributed by atoms with van der Waals surface area (Å²) in [4.78, 5) is 26.5. The maximum Gasteiger partial charge on any atom is 0.228 e. The average molecular weight is 553 g/mol. The van der Waals surface area contributed by atoms with Crippen LogP contribution in [0.5, 0.6) is 11.6 Å². The molecule has 41 heavy (non-hydrogen) atoms. The van der Waals surface area contributed by atoms with Crippen molar-refractivity contribution in [2.45, 2.75) is 51.5 Å². The minimum atomic E-state index is -0.467. The molecule has 1 saturated heterocycles. The molecule has 2 aliphatic carbocycles. The minimum absolute atomic E-state index is 0.141. The van der Waals surface area contributed by atoms with Gasteiger partial charge in [-0.3, -0.25) is 4.79 Å². The third kappa shape index (κ3) is 5.22. The standard InChI is InChI=1S/C32H33FN6O2/c1-19-6-7-22-23(8-9-25(33)28(22)39-27(40)16-20-17-32(20)11-12-32)29(19)41-30-24(5-3-14-35-30)26-10-15-36-31(38-26)37-21-4-2-13-34-18-21/h3,5-10,14-15,20-21,34H,2,4,11-13,16-18H2,1H3,(H,39,40)(H,36,37,38)/t20-,21+/m1/s1. The molecule has 0 bridgehead atoms. The Morgan fingerprint density at radius 1 is 1.12 bits per heavy atom. The maximum absolute atomic E-state index is 15.1. The van der Waals surface area contributed by atoms with E-state index in [-0.39, 0.29) is 17.6 Å². The summed E-state index contributed by atoms with van der Waals surface area (Å²) in [6.07, 6.45) is 9.56. The van der Waals surface area contributed by atoms with Gasteiger partial charge in [0.2, 0.25) is 17.7 Å². The largest absolute Gasteiger partial charge is 0.437 e. The zero-order valence-electron chi connectivity index (χ0n) is 23.0. The lowest BCUT2D eigenvalue weighted by molar-refractivity contribution is -0.116. The highest BCUT2D eigenvalue weighted by atomic mass is 19.1. The van der Waals surface area contributed by atoms with Gasteiger partial charge in [-0.1, -0.05) is 12.1 Å². The van der Waals surface area contributed by atoms with Crippen LogP contribution in [0.1, 0.15) is 44.1 Å². The Balaban J connectivity index is 1.18. The Kier molecular flexibility index (Phi) is 6.54. The summed E-state index contributed by atoms with van der Waals surface area (Å²) >= 11 is 0. The normalized spacial score (nSPS) is 20.5. The molecular formula is C32H33FN6O2. The van der Waals surface area contributed by atoms with Crippen LogP contribution in [-0.2, 0) is 4.79 Å². The van der Waals surface area contributed by atoms with Gasteiger partial charge in [0.15, 0.2) is 0 Å². The Bertz CT molecular complexity index is 1630. The molecule has 1 amide bonds. The van der Waals surface area contributed by atoms with E-state index in [0.29, 0.717) is 57.4 Å². The second-order valence-electron chi connectivity index (χ2n) is 11.7. The van der Waals surface area contributed by atoms with Gasteiger partial charge in [0.25, 0.3) is 0 Å². The van der Waals surface area contributed by atoms with Crippen molar-refractivity contribution in [3.8, 4) is 22.9 Å². The number of aromatic nitrogens is 3. The van der Waals surface area contributed by atoms with E-state index in [1.165, 1.54) is 18.9 Å². The summed E-state index contributed by atoms with van der Waals surface area (Å²) in [6, 6.07) is 12.6. The number of amides is 1. The lowest BCUT2D eigenvalue weighted by Crippen LogP contribution is -2.38. The van der Waals surface area contributed by atoms with Crippen LogP contribution in [0.25, 0.3) is 22.0 Å². The third-order valence-corrected chi connectivity index (χ3v) is 8.78. The summed E-state index contributed by atoms with van der Waals surface area (Å²) in [5.41, 5.74) is 2.86. The molecule has 0 radical (unpaired) electrons. The Labute approximate surface area is 238 Å². The highest BCUT2D eigenvalue weighted by molar-refractivity contribution is 6.05. The summed E-state index contributed by atoms with van der Waals surface area (Å²) in [6.45, 7) is 3.84. The highest BCUT2D eigenvalue weighted by Gasteiger charge is 2.62. The molecule has 2 saturated carbocycles. The number of hydrogen-bond donors (Lipinski definition) is 3. The molecule has 9 heteroatoms. The van der Waals surface area contributed by atoms with Crippen molar-refractivity contribution in [3.63, 3.8) is 0 Å². The van der Waals surface area contributed by atoms with Gasteiger partial charge in [-0.05, 0) is 92.8 Å². The molecule has 0 unspecified atom stereocenters. The zero-order chi connectivity index (χ0) is 28.0. The topological polar surface area (TPSA) is 101 Å². The Morgan fingerprint density at radius 2 is 2.00 bits per heavy atom. The fraction of sp³-hybridized carbons (Fsp3) is 0.375. The monoisotopic (exact) mass is 552 g/mol. The number of nitrogens with one attached hydrogen (secondary N) is 3. The maximum atomic E-state index is 15.1. The predicted octanol–water partition coefficient (Wildman–Crippen LogP) is 6.22. The number of piperidine rings is 1. The van der Waals surface area contributed by atoms with Gasteiger partial charge in [-0.15, -0.1) is 0 Å². The van der Waals surface area contributed by atoms with Crippen molar-refractivity contribution in [1.82, 2.24) is 20.3 Å². The van der Waals surface area contributed by atoms with Crippen LogP contribution in [0.3, 0.4) is 0 Å². The summed E-state index contributed by atoms with van der Waals surface area (Å²) in [7, 11) is 0. The fourth-order valence-corrected chi connectivity index (χ4v) is 6.13.